The van der Waals surface area contributed by atoms with Crippen molar-refractivity contribution in [1.29, 1.82) is 0 Å². The molecule has 19 heavy (non-hydrogen) atoms. The summed E-state index contributed by atoms with van der Waals surface area (Å²) < 4.78 is 12.3. The van der Waals surface area contributed by atoms with E-state index >= 15 is 0 Å². The fourth-order valence-electron chi connectivity index (χ4n) is 2.62. The van der Waals surface area contributed by atoms with Crippen molar-refractivity contribution in [3.8, 4) is 5.75 Å². The molecule has 0 amide bonds. The van der Waals surface area contributed by atoms with Gasteiger partial charge < -0.3 is 14.8 Å². The predicted molar refractivity (Wildman–Crippen MR) is 80.8 cm³/mol. The second-order valence-corrected chi connectivity index (χ2v) is 5.93. The average Bonchev–Trinajstić information content (AvgIpc) is 2.91. The van der Waals surface area contributed by atoms with Gasteiger partial charge in [-0.05, 0) is 56.5 Å². The number of hydrogen-bond acceptors (Lipinski definition) is 3. The van der Waals surface area contributed by atoms with E-state index < -0.39 is 0 Å². The maximum absolute atomic E-state index is 5.72. The molecule has 1 aromatic rings. The van der Waals surface area contributed by atoms with Gasteiger partial charge in [0.05, 0.1) is 13.2 Å². The third-order valence-corrected chi connectivity index (χ3v) is 4.18. The first kappa shape index (κ1) is 14.8. The van der Waals surface area contributed by atoms with Crippen LogP contribution < -0.4 is 10.1 Å². The lowest BCUT2D eigenvalue weighted by molar-refractivity contribution is 0.0953. The minimum atomic E-state index is 0.413. The molecule has 106 valence electrons. The van der Waals surface area contributed by atoms with Crippen LogP contribution in [0.1, 0.15) is 24.8 Å². The quantitative estimate of drug-likeness (QED) is 0.870. The smallest absolute Gasteiger partial charge is 0.122 e. The van der Waals surface area contributed by atoms with Crippen molar-refractivity contribution in [3.63, 3.8) is 0 Å². The molecule has 0 radical (unpaired) electrons. The number of likely N-dealkylation sites (N-methyl/N-ethyl adjacent to an activating group) is 1. The van der Waals surface area contributed by atoms with Crippen LogP contribution in [0.15, 0.2) is 22.7 Å². The molecule has 2 atom stereocenters. The van der Waals surface area contributed by atoms with Crippen LogP contribution in [0.2, 0.25) is 0 Å². The normalized spacial score (nSPS) is 20.5. The standard InChI is InChI=1S/C15H22BrNO2/c1-17-13(10-14-4-3-7-19-14)9-11-8-12(16)5-6-15(11)18-2/h5-6,8,13-14,17H,3-4,7,9-10H2,1-2H3. The summed E-state index contributed by atoms with van der Waals surface area (Å²) in [6.45, 7) is 0.918. The first-order valence-corrected chi connectivity index (χ1v) is 7.63. The van der Waals surface area contributed by atoms with Crippen molar-refractivity contribution in [3.05, 3.63) is 28.2 Å². The van der Waals surface area contributed by atoms with Gasteiger partial charge in [-0.25, -0.2) is 0 Å². The third kappa shape index (κ3) is 4.20. The van der Waals surface area contributed by atoms with Crippen molar-refractivity contribution >= 4 is 15.9 Å². The zero-order valence-corrected chi connectivity index (χ0v) is 13.2. The summed E-state index contributed by atoms with van der Waals surface area (Å²) in [5, 5.41) is 3.40. The summed E-state index contributed by atoms with van der Waals surface area (Å²) in [6, 6.07) is 6.58. The summed E-state index contributed by atoms with van der Waals surface area (Å²) in [5.74, 6) is 0.954. The largest absolute Gasteiger partial charge is 0.496 e. The Kier molecular flexibility index (Phi) is 5.67. The molecule has 0 saturated carbocycles. The zero-order chi connectivity index (χ0) is 13.7. The van der Waals surface area contributed by atoms with Gasteiger partial charge in [0.25, 0.3) is 0 Å². The number of halogens is 1. The fourth-order valence-corrected chi connectivity index (χ4v) is 3.03. The van der Waals surface area contributed by atoms with Crippen molar-refractivity contribution in [2.24, 2.45) is 0 Å². The molecule has 0 spiro atoms. The van der Waals surface area contributed by atoms with Crippen LogP contribution in [0, 0.1) is 0 Å². The molecular weight excluding hydrogens is 306 g/mol. The zero-order valence-electron chi connectivity index (χ0n) is 11.6. The molecular formula is C15H22BrNO2. The van der Waals surface area contributed by atoms with Crippen molar-refractivity contribution in [2.75, 3.05) is 20.8 Å². The topological polar surface area (TPSA) is 30.5 Å². The second-order valence-electron chi connectivity index (χ2n) is 5.02. The number of rotatable bonds is 6. The van der Waals surface area contributed by atoms with Gasteiger partial charge in [-0.1, -0.05) is 15.9 Å². The van der Waals surface area contributed by atoms with Crippen molar-refractivity contribution < 1.29 is 9.47 Å². The van der Waals surface area contributed by atoms with Crippen molar-refractivity contribution in [2.45, 2.75) is 37.8 Å². The van der Waals surface area contributed by atoms with Gasteiger partial charge in [0.2, 0.25) is 0 Å². The van der Waals surface area contributed by atoms with Crippen LogP contribution in [-0.2, 0) is 11.2 Å². The van der Waals surface area contributed by atoms with Crippen LogP contribution in [0.4, 0.5) is 0 Å². The Balaban J connectivity index is 2.02. The summed E-state index contributed by atoms with van der Waals surface area (Å²) in [4.78, 5) is 0. The van der Waals surface area contributed by atoms with E-state index in [0.717, 1.165) is 29.7 Å². The van der Waals surface area contributed by atoms with Gasteiger partial charge in [-0.2, -0.15) is 0 Å². The minimum absolute atomic E-state index is 0.413. The van der Waals surface area contributed by atoms with Gasteiger partial charge in [0.1, 0.15) is 5.75 Å². The van der Waals surface area contributed by atoms with E-state index in [9.17, 15) is 0 Å². The van der Waals surface area contributed by atoms with E-state index in [-0.39, 0.29) is 0 Å². The molecule has 0 aromatic heterocycles. The molecule has 1 N–H and O–H groups in total. The SMILES string of the molecule is CNC(Cc1cc(Br)ccc1OC)CC1CCCO1. The number of methoxy groups -OCH3 is 1. The van der Waals surface area contributed by atoms with Gasteiger partial charge in [-0.15, -0.1) is 0 Å². The number of ether oxygens (including phenoxy) is 2. The molecule has 4 heteroatoms. The van der Waals surface area contributed by atoms with E-state index in [1.807, 2.05) is 19.2 Å². The highest BCUT2D eigenvalue weighted by Crippen LogP contribution is 2.26. The molecule has 2 unspecified atom stereocenters. The first-order chi connectivity index (χ1) is 9.22. The molecule has 1 aliphatic rings. The highest BCUT2D eigenvalue weighted by molar-refractivity contribution is 9.10. The molecule has 3 nitrogen and oxygen atoms in total. The summed E-state index contributed by atoms with van der Waals surface area (Å²) in [5.41, 5.74) is 1.23. The predicted octanol–water partition coefficient (Wildman–Crippen LogP) is 3.16. The number of nitrogens with one attached hydrogen (secondary N) is 1. The Hall–Kier alpha value is -0.580. The average molecular weight is 328 g/mol. The maximum Gasteiger partial charge on any atom is 0.122 e. The van der Waals surface area contributed by atoms with Crippen LogP contribution in [0.5, 0.6) is 5.75 Å². The Morgan fingerprint density at radius 2 is 2.37 bits per heavy atom. The highest BCUT2D eigenvalue weighted by atomic mass is 79.9. The van der Waals surface area contributed by atoms with Gasteiger partial charge >= 0.3 is 0 Å². The summed E-state index contributed by atoms with van der Waals surface area (Å²) in [7, 11) is 3.74. The van der Waals surface area contributed by atoms with Crippen LogP contribution in [-0.4, -0.2) is 32.9 Å². The molecule has 2 rings (SSSR count). The monoisotopic (exact) mass is 327 g/mol. The lowest BCUT2D eigenvalue weighted by Gasteiger charge is -2.21. The first-order valence-electron chi connectivity index (χ1n) is 6.84. The lowest BCUT2D eigenvalue weighted by Crippen LogP contribution is -2.31. The minimum Gasteiger partial charge on any atom is -0.496 e. The van der Waals surface area contributed by atoms with Crippen LogP contribution >= 0.6 is 15.9 Å². The second kappa shape index (κ2) is 7.27. The van der Waals surface area contributed by atoms with E-state index in [4.69, 9.17) is 9.47 Å². The van der Waals surface area contributed by atoms with E-state index in [1.165, 1.54) is 18.4 Å². The third-order valence-electron chi connectivity index (χ3n) is 3.69. The van der Waals surface area contributed by atoms with E-state index in [2.05, 4.69) is 27.3 Å². The maximum atomic E-state index is 5.72. The Morgan fingerprint density at radius 1 is 1.53 bits per heavy atom. The lowest BCUT2D eigenvalue weighted by atomic mass is 9.99. The van der Waals surface area contributed by atoms with E-state index in [0.29, 0.717) is 12.1 Å². The fraction of sp³-hybridized carbons (Fsp3) is 0.600. The van der Waals surface area contributed by atoms with Gasteiger partial charge in [-0.3, -0.25) is 0 Å². The van der Waals surface area contributed by atoms with Crippen LogP contribution in [0.3, 0.4) is 0 Å². The molecule has 0 aliphatic carbocycles. The highest BCUT2D eigenvalue weighted by Gasteiger charge is 2.21. The molecule has 1 aliphatic heterocycles. The number of benzene rings is 1. The summed E-state index contributed by atoms with van der Waals surface area (Å²) >= 11 is 3.52. The van der Waals surface area contributed by atoms with Gasteiger partial charge in [0.15, 0.2) is 0 Å². The molecule has 1 saturated heterocycles. The Morgan fingerprint density at radius 3 is 3.00 bits per heavy atom. The van der Waals surface area contributed by atoms with Crippen LogP contribution in [0.25, 0.3) is 0 Å². The molecule has 1 fully saturated rings. The van der Waals surface area contributed by atoms with E-state index in [1.54, 1.807) is 7.11 Å². The Labute approximate surface area is 123 Å². The Bertz CT molecular complexity index is 405. The van der Waals surface area contributed by atoms with Gasteiger partial charge in [0, 0.05) is 17.1 Å². The van der Waals surface area contributed by atoms with Crippen molar-refractivity contribution in [1.82, 2.24) is 5.32 Å². The number of hydrogen-bond donors (Lipinski definition) is 1. The molecule has 0 bridgehead atoms. The summed E-state index contributed by atoms with van der Waals surface area (Å²) in [6.07, 6.45) is 4.82. The molecule has 1 heterocycles. The molecule has 1 aromatic carbocycles.